The maximum atomic E-state index is 12.4. The molecule has 0 spiro atoms. The van der Waals surface area contributed by atoms with Gasteiger partial charge in [-0.05, 0) is 18.1 Å². The monoisotopic (exact) mass is 335 g/mol. The molecule has 0 radical (unpaired) electrons. The lowest BCUT2D eigenvalue weighted by Gasteiger charge is -2.16. The molecule has 0 N–H and O–H groups in total. The quantitative estimate of drug-likeness (QED) is 0.413. The summed E-state index contributed by atoms with van der Waals surface area (Å²) in [5.74, 6) is -0.562. The fourth-order valence-electron chi connectivity index (χ4n) is 2.36. The summed E-state index contributed by atoms with van der Waals surface area (Å²) in [6, 6.07) is 19.1. The Kier molecular flexibility index (Phi) is 6.79. The summed E-state index contributed by atoms with van der Waals surface area (Å²) in [5.41, 5.74) is 0.479. The molecule has 0 bridgehead atoms. The number of carbonyl (C=O) groups is 1. The molecule has 128 valence electrons. The molecular formula is C21H21NO3. The zero-order valence-electron chi connectivity index (χ0n) is 14.2. The van der Waals surface area contributed by atoms with Gasteiger partial charge in [0.1, 0.15) is 6.61 Å². The number of rotatable bonds is 8. The van der Waals surface area contributed by atoms with Gasteiger partial charge in [0.2, 0.25) is 0 Å². The highest BCUT2D eigenvalue weighted by atomic mass is 16.5. The van der Waals surface area contributed by atoms with E-state index in [0.717, 1.165) is 11.1 Å². The molecule has 0 aliphatic carbocycles. The van der Waals surface area contributed by atoms with Gasteiger partial charge in [-0.25, -0.2) is 11.4 Å². The van der Waals surface area contributed by atoms with Crippen molar-refractivity contribution in [3.8, 4) is 0 Å². The van der Waals surface area contributed by atoms with Crippen LogP contribution in [0.5, 0.6) is 0 Å². The molecule has 4 heteroatoms. The van der Waals surface area contributed by atoms with Crippen LogP contribution in [-0.2, 0) is 27.3 Å². The molecule has 2 aromatic carbocycles. The predicted octanol–water partition coefficient (Wildman–Crippen LogP) is 4.18. The van der Waals surface area contributed by atoms with Gasteiger partial charge < -0.3 is 9.47 Å². The van der Waals surface area contributed by atoms with Crippen LogP contribution < -0.4 is 0 Å². The van der Waals surface area contributed by atoms with Crippen LogP contribution in [0.2, 0.25) is 0 Å². The molecular weight excluding hydrogens is 314 g/mol. The average molecular weight is 335 g/mol. The van der Waals surface area contributed by atoms with Crippen LogP contribution in [0.15, 0.2) is 73.0 Å². The van der Waals surface area contributed by atoms with Gasteiger partial charge in [-0.3, -0.25) is 4.85 Å². The summed E-state index contributed by atoms with van der Waals surface area (Å²) in [6.45, 7) is 9.91. The molecule has 25 heavy (non-hydrogen) atoms. The van der Waals surface area contributed by atoms with Crippen molar-refractivity contribution in [1.29, 1.82) is 0 Å². The Morgan fingerprint density at radius 1 is 1.08 bits per heavy atom. The van der Waals surface area contributed by atoms with Crippen LogP contribution in [0.4, 0.5) is 0 Å². The van der Waals surface area contributed by atoms with Crippen molar-refractivity contribution in [1.82, 2.24) is 0 Å². The van der Waals surface area contributed by atoms with E-state index in [4.69, 9.17) is 16.0 Å². The molecule has 0 saturated heterocycles. The molecule has 0 fully saturated rings. The zero-order chi connectivity index (χ0) is 18.0. The van der Waals surface area contributed by atoms with Crippen molar-refractivity contribution in [3.63, 3.8) is 0 Å². The van der Waals surface area contributed by atoms with Gasteiger partial charge in [0, 0.05) is 6.08 Å². The molecule has 0 amide bonds. The van der Waals surface area contributed by atoms with Crippen LogP contribution >= 0.6 is 0 Å². The lowest BCUT2D eigenvalue weighted by Crippen LogP contribution is -2.37. The van der Waals surface area contributed by atoms with E-state index in [1.807, 2.05) is 60.7 Å². The van der Waals surface area contributed by atoms with E-state index in [9.17, 15) is 4.79 Å². The number of hydrogen-bond donors (Lipinski definition) is 0. The highest BCUT2D eigenvalue weighted by Crippen LogP contribution is 2.23. The van der Waals surface area contributed by atoms with E-state index >= 15 is 0 Å². The predicted molar refractivity (Wildman–Crippen MR) is 96.5 cm³/mol. The molecule has 1 atom stereocenters. The van der Waals surface area contributed by atoms with Gasteiger partial charge in [0.25, 0.3) is 0 Å². The van der Waals surface area contributed by atoms with E-state index in [1.54, 1.807) is 6.92 Å². The largest absolute Gasteiger partial charge is 0.497 e. The lowest BCUT2D eigenvalue weighted by atomic mass is 9.91. The number of hydrogen-bond acceptors (Lipinski definition) is 3. The first-order chi connectivity index (χ1) is 12.2. The number of ether oxygens (including phenoxy) is 2. The smallest absolute Gasteiger partial charge is 0.398 e. The summed E-state index contributed by atoms with van der Waals surface area (Å²) in [7, 11) is 0. The maximum Gasteiger partial charge on any atom is 0.398 e. The normalized spacial score (nSPS) is 13.0. The molecule has 0 saturated carbocycles. The molecule has 2 aromatic rings. The minimum Gasteiger partial charge on any atom is -0.497 e. The van der Waals surface area contributed by atoms with Gasteiger partial charge in [-0.15, -0.1) is 0 Å². The Morgan fingerprint density at radius 3 is 2.24 bits per heavy atom. The van der Waals surface area contributed by atoms with Crippen LogP contribution in [0.1, 0.15) is 18.1 Å². The van der Waals surface area contributed by atoms with E-state index < -0.39 is 11.5 Å². The zero-order valence-corrected chi connectivity index (χ0v) is 14.2. The first-order valence-electron chi connectivity index (χ1n) is 8.13. The number of nitrogens with zero attached hydrogens (tertiary/aromatic N) is 1. The highest BCUT2D eigenvalue weighted by molar-refractivity contribution is 5.86. The van der Waals surface area contributed by atoms with Gasteiger partial charge in [-0.2, -0.15) is 0 Å². The molecule has 2 rings (SSSR count). The molecule has 0 aliphatic rings. The highest BCUT2D eigenvalue weighted by Gasteiger charge is 2.45. The van der Waals surface area contributed by atoms with Crippen molar-refractivity contribution in [2.24, 2.45) is 0 Å². The molecule has 0 aromatic heterocycles. The minimum absolute atomic E-state index is 0.226. The van der Waals surface area contributed by atoms with Crippen molar-refractivity contribution in [3.05, 3.63) is 95.5 Å². The van der Waals surface area contributed by atoms with Crippen molar-refractivity contribution in [2.45, 2.75) is 25.5 Å². The lowest BCUT2D eigenvalue weighted by molar-refractivity contribution is -0.146. The second-order valence-electron chi connectivity index (χ2n) is 5.52. The second-order valence-corrected chi connectivity index (χ2v) is 5.52. The minimum atomic E-state index is -1.42. The second kappa shape index (κ2) is 9.29. The van der Waals surface area contributed by atoms with Crippen molar-refractivity contribution >= 4 is 5.97 Å². The maximum absolute atomic E-state index is 12.4. The third-order valence-electron chi connectivity index (χ3n) is 3.68. The Labute approximate surface area is 148 Å². The molecule has 1 unspecified atom stereocenters. The number of carbonyl (C=O) groups excluding carboxylic acids is 1. The van der Waals surface area contributed by atoms with Gasteiger partial charge >= 0.3 is 11.5 Å². The van der Waals surface area contributed by atoms with Crippen molar-refractivity contribution in [2.75, 3.05) is 6.61 Å². The Balaban J connectivity index is 2.14. The first-order valence-corrected chi connectivity index (χ1v) is 8.13. The molecule has 0 heterocycles. The fraction of sp³-hybridized carbons (Fsp3) is 0.238. The summed E-state index contributed by atoms with van der Waals surface area (Å²) < 4.78 is 10.6. The van der Waals surface area contributed by atoms with Crippen molar-refractivity contribution < 1.29 is 14.3 Å². The average Bonchev–Trinajstić information content (AvgIpc) is 2.66. The summed E-state index contributed by atoms with van der Waals surface area (Å²) in [4.78, 5) is 16.0. The third kappa shape index (κ3) is 5.22. The summed E-state index contributed by atoms with van der Waals surface area (Å²) >= 11 is 0. The van der Waals surface area contributed by atoms with E-state index in [2.05, 4.69) is 4.85 Å². The SMILES string of the molecule is [C-]#[N+]C(/C=C/OCc1ccccc1)(Cc1ccccc1)C(=O)OCC. The number of esters is 1. The van der Waals surface area contributed by atoms with Gasteiger partial charge in [0.05, 0.1) is 19.3 Å². The molecule has 4 nitrogen and oxygen atoms in total. The standard InChI is InChI=1S/C21H21NO3/c1-3-25-20(23)21(22-2,16-18-10-6-4-7-11-18)14-15-24-17-19-12-8-5-9-13-19/h4-15H,3,16-17H2,1H3/b15-14+. The summed E-state index contributed by atoms with van der Waals surface area (Å²) in [6.07, 6.45) is 3.15. The topological polar surface area (TPSA) is 39.9 Å². The molecule has 0 aliphatic heterocycles. The van der Waals surface area contributed by atoms with E-state index in [-0.39, 0.29) is 13.0 Å². The Morgan fingerprint density at radius 2 is 1.68 bits per heavy atom. The van der Waals surface area contributed by atoms with Gasteiger partial charge in [0.15, 0.2) is 0 Å². The summed E-state index contributed by atoms with van der Waals surface area (Å²) in [5, 5.41) is 0. The third-order valence-corrected chi connectivity index (χ3v) is 3.68. The van der Waals surface area contributed by atoms with E-state index in [1.165, 1.54) is 12.3 Å². The Hall–Kier alpha value is -3.06. The van der Waals surface area contributed by atoms with Gasteiger partial charge in [-0.1, -0.05) is 60.7 Å². The fourth-order valence-corrected chi connectivity index (χ4v) is 2.36. The van der Waals surface area contributed by atoms with Crippen LogP contribution in [0, 0.1) is 6.57 Å². The number of benzene rings is 2. The van der Waals surface area contributed by atoms with E-state index in [0.29, 0.717) is 6.61 Å². The van der Waals surface area contributed by atoms with Crippen LogP contribution in [-0.4, -0.2) is 18.1 Å². The first kappa shape index (κ1) is 18.3. The Bertz CT molecular complexity index is 735. The van der Waals surface area contributed by atoms with Crippen LogP contribution in [0.25, 0.3) is 4.85 Å². The van der Waals surface area contributed by atoms with Crippen LogP contribution in [0.3, 0.4) is 0 Å².